The fraction of sp³-hybridized carbons (Fsp3) is 0.286. The van der Waals surface area contributed by atoms with Gasteiger partial charge in [-0.15, -0.1) is 0 Å². The molecule has 0 unspecified atom stereocenters. The Morgan fingerprint density at radius 1 is 1.19 bits per heavy atom. The average Bonchev–Trinajstić information content (AvgIpc) is 2.72. The maximum Gasteiger partial charge on any atom is 0.418 e. The molecule has 0 bridgehead atoms. The van der Waals surface area contributed by atoms with E-state index in [-0.39, 0.29) is 11.4 Å². The lowest BCUT2D eigenvalue weighted by molar-refractivity contribution is -0.386. The van der Waals surface area contributed by atoms with Crippen molar-refractivity contribution < 1.29 is 22.9 Å². The predicted molar refractivity (Wildman–Crippen MR) is 114 cm³/mol. The standard InChI is InChI=1S/C18H12F3N3O3.C3H8S/c1-10-2-4-13-11(6-10)3-5-14(23-13)17(25)8-15-16(24(26)27)7-12(9-22-15)18(19,20)21;1-3-4-2/h2-7,9H,8H2,1H3;3H2,1-2H3. The van der Waals surface area contributed by atoms with Crippen LogP contribution in [0.5, 0.6) is 0 Å². The van der Waals surface area contributed by atoms with E-state index >= 15 is 0 Å². The normalized spacial score (nSPS) is 11.0. The van der Waals surface area contributed by atoms with Gasteiger partial charge in [0.15, 0.2) is 5.78 Å². The molecule has 3 rings (SSSR count). The van der Waals surface area contributed by atoms with E-state index in [1.54, 1.807) is 12.1 Å². The molecule has 3 aromatic rings. The van der Waals surface area contributed by atoms with E-state index in [1.807, 2.05) is 30.8 Å². The fourth-order valence-corrected chi connectivity index (χ4v) is 2.57. The summed E-state index contributed by atoms with van der Waals surface area (Å²) in [6.07, 6.45) is -2.72. The van der Waals surface area contributed by atoms with Crippen LogP contribution in [0.2, 0.25) is 0 Å². The average molecular weight is 451 g/mol. The molecule has 0 spiro atoms. The number of rotatable bonds is 5. The molecule has 0 radical (unpaired) electrons. The third-order valence-corrected chi connectivity index (χ3v) is 4.80. The highest BCUT2D eigenvalue weighted by Crippen LogP contribution is 2.32. The molecule has 1 aromatic carbocycles. The molecule has 0 aliphatic heterocycles. The van der Waals surface area contributed by atoms with Crippen molar-refractivity contribution in [3.8, 4) is 0 Å². The van der Waals surface area contributed by atoms with Crippen molar-refractivity contribution in [2.45, 2.75) is 26.4 Å². The summed E-state index contributed by atoms with van der Waals surface area (Å²) < 4.78 is 38.2. The first-order valence-corrected chi connectivity index (χ1v) is 10.6. The summed E-state index contributed by atoms with van der Waals surface area (Å²) in [4.78, 5) is 30.3. The Balaban J connectivity index is 0.000000785. The van der Waals surface area contributed by atoms with Crippen LogP contribution in [-0.4, -0.2) is 32.7 Å². The molecule has 0 aliphatic carbocycles. The smallest absolute Gasteiger partial charge is 0.292 e. The van der Waals surface area contributed by atoms with Crippen LogP contribution < -0.4 is 0 Å². The van der Waals surface area contributed by atoms with Gasteiger partial charge >= 0.3 is 6.18 Å². The van der Waals surface area contributed by atoms with Crippen molar-refractivity contribution in [1.82, 2.24) is 9.97 Å². The van der Waals surface area contributed by atoms with Crippen molar-refractivity contribution in [2.24, 2.45) is 0 Å². The van der Waals surface area contributed by atoms with Gasteiger partial charge in [-0.1, -0.05) is 24.6 Å². The Morgan fingerprint density at radius 2 is 1.87 bits per heavy atom. The molecular weight excluding hydrogens is 431 g/mol. The minimum Gasteiger partial charge on any atom is -0.292 e. The maximum atomic E-state index is 12.7. The molecule has 2 aromatic heterocycles. The molecule has 0 aliphatic rings. The highest BCUT2D eigenvalue weighted by Gasteiger charge is 2.34. The number of fused-ring (bicyclic) bond motifs is 1. The van der Waals surface area contributed by atoms with E-state index in [0.29, 0.717) is 17.8 Å². The van der Waals surface area contributed by atoms with Crippen molar-refractivity contribution in [3.63, 3.8) is 0 Å². The Labute approximate surface area is 181 Å². The largest absolute Gasteiger partial charge is 0.418 e. The van der Waals surface area contributed by atoms with Crippen molar-refractivity contribution in [3.05, 3.63) is 75.2 Å². The van der Waals surface area contributed by atoms with Crippen molar-refractivity contribution >= 4 is 34.1 Å². The number of thioether (sulfide) groups is 1. The fourth-order valence-electron chi connectivity index (χ4n) is 2.57. The van der Waals surface area contributed by atoms with Crippen molar-refractivity contribution in [2.75, 3.05) is 12.0 Å². The highest BCUT2D eigenvalue weighted by atomic mass is 32.2. The van der Waals surface area contributed by atoms with Gasteiger partial charge in [0.05, 0.1) is 22.4 Å². The SMILES string of the molecule is CCSC.Cc1ccc2nc(C(=O)Cc3ncc(C(F)(F)F)cc3[N+](=O)[O-])ccc2c1. The molecule has 6 nitrogen and oxygen atoms in total. The third-order valence-electron chi connectivity index (χ3n) is 4.22. The lowest BCUT2D eigenvalue weighted by atomic mass is 10.1. The van der Waals surface area contributed by atoms with E-state index in [1.165, 1.54) is 11.8 Å². The zero-order valence-electron chi connectivity index (χ0n) is 17.1. The summed E-state index contributed by atoms with van der Waals surface area (Å²) >= 11 is 1.86. The zero-order valence-corrected chi connectivity index (χ0v) is 17.9. The number of hydrogen-bond donors (Lipinski definition) is 0. The monoisotopic (exact) mass is 451 g/mol. The van der Waals surface area contributed by atoms with Crippen LogP contribution in [-0.2, 0) is 12.6 Å². The molecule has 0 amide bonds. The number of hydrogen-bond acceptors (Lipinski definition) is 6. The summed E-state index contributed by atoms with van der Waals surface area (Å²) in [5.74, 6) is 0.660. The molecule has 164 valence electrons. The predicted octanol–water partition coefficient (Wildman–Crippen LogP) is 5.66. The number of aryl methyl sites for hydroxylation is 1. The van der Waals surface area contributed by atoms with Crippen LogP contribution in [0.25, 0.3) is 10.9 Å². The first kappa shape index (κ1) is 24.3. The molecule has 31 heavy (non-hydrogen) atoms. The minimum atomic E-state index is -4.77. The Hall–Kier alpha value is -3.01. The first-order valence-electron chi connectivity index (χ1n) is 9.16. The second-order valence-electron chi connectivity index (χ2n) is 6.51. The molecule has 0 atom stereocenters. The van der Waals surface area contributed by atoms with Gasteiger partial charge in [0.2, 0.25) is 0 Å². The van der Waals surface area contributed by atoms with Gasteiger partial charge in [-0.25, -0.2) is 4.98 Å². The zero-order chi connectivity index (χ0) is 23.2. The van der Waals surface area contributed by atoms with Gasteiger partial charge < -0.3 is 0 Å². The molecule has 0 fully saturated rings. The van der Waals surface area contributed by atoms with Crippen LogP contribution >= 0.6 is 11.8 Å². The van der Waals surface area contributed by atoms with Gasteiger partial charge in [0.1, 0.15) is 11.4 Å². The second kappa shape index (κ2) is 10.3. The lowest BCUT2D eigenvalue weighted by Gasteiger charge is -2.08. The molecule has 0 saturated carbocycles. The summed E-state index contributed by atoms with van der Waals surface area (Å²) in [7, 11) is 0. The van der Waals surface area contributed by atoms with Crippen LogP contribution in [0, 0.1) is 17.0 Å². The highest BCUT2D eigenvalue weighted by molar-refractivity contribution is 7.98. The van der Waals surface area contributed by atoms with E-state index in [9.17, 15) is 28.1 Å². The topological polar surface area (TPSA) is 86.0 Å². The number of nitrogens with zero attached hydrogens (tertiary/aromatic N) is 3. The third kappa shape index (κ3) is 6.48. The van der Waals surface area contributed by atoms with Crippen molar-refractivity contribution in [1.29, 1.82) is 0 Å². The van der Waals surface area contributed by atoms with Gasteiger partial charge in [-0.2, -0.15) is 24.9 Å². The number of halogens is 3. The van der Waals surface area contributed by atoms with E-state index in [2.05, 4.69) is 23.1 Å². The second-order valence-corrected chi connectivity index (χ2v) is 7.67. The summed E-state index contributed by atoms with van der Waals surface area (Å²) in [5, 5.41) is 11.9. The van der Waals surface area contributed by atoms with E-state index in [4.69, 9.17) is 0 Å². The number of benzene rings is 1. The molecule has 2 heterocycles. The summed E-state index contributed by atoms with van der Waals surface area (Å²) in [5.41, 5.74) is -0.792. The first-order chi connectivity index (χ1) is 14.6. The number of aromatic nitrogens is 2. The van der Waals surface area contributed by atoms with Gasteiger partial charge in [-0.05, 0) is 37.1 Å². The number of carbonyl (C=O) groups is 1. The Morgan fingerprint density at radius 3 is 2.45 bits per heavy atom. The Bertz CT molecular complexity index is 1100. The minimum absolute atomic E-state index is 0.0577. The van der Waals surface area contributed by atoms with Gasteiger partial charge in [0, 0.05) is 17.6 Å². The number of pyridine rings is 2. The number of alkyl halides is 3. The van der Waals surface area contributed by atoms with E-state index < -0.39 is 34.6 Å². The molecule has 0 saturated heterocycles. The van der Waals surface area contributed by atoms with Crippen LogP contribution in [0.4, 0.5) is 18.9 Å². The summed E-state index contributed by atoms with van der Waals surface area (Å²) in [6, 6.07) is 8.99. The van der Waals surface area contributed by atoms with Crippen LogP contribution in [0.3, 0.4) is 0 Å². The van der Waals surface area contributed by atoms with E-state index in [0.717, 1.165) is 10.9 Å². The molecular formula is C21H20F3N3O3S. The van der Waals surface area contributed by atoms with Gasteiger partial charge in [-0.3, -0.25) is 19.9 Å². The number of carbonyl (C=O) groups excluding carboxylic acids is 1. The number of nitro groups is 1. The Kier molecular flexibility index (Phi) is 8.09. The lowest BCUT2D eigenvalue weighted by Crippen LogP contribution is -2.12. The number of ketones is 1. The summed E-state index contributed by atoms with van der Waals surface area (Å²) in [6.45, 7) is 4.05. The maximum absolute atomic E-state index is 12.7. The van der Waals surface area contributed by atoms with Crippen LogP contribution in [0.15, 0.2) is 42.6 Å². The number of Topliss-reactive ketones (excluding diaryl/α,β-unsaturated/α-hetero) is 1. The molecule has 0 N–H and O–H groups in total. The van der Waals surface area contributed by atoms with Gasteiger partial charge in [0.25, 0.3) is 5.69 Å². The van der Waals surface area contributed by atoms with Crippen LogP contribution in [0.1, 0.15) is 34.2 Å². The quantitative estimate of drug-likeness (QED) is 0.283. The molecule has 10 heteroatoms.